The second kappa shape index (κ2) is 5.09. The topological polar surface area (TPSA) is 69.6 Å². The fourth-order valence-electron chi connectivity index (χ4n) is 1.02. The fraction of sp³-hybridized carbons (Fsp3) is 0.857. The van der Waals surface area contributed by atoms with E-state index in [4.69, 9.17) is 10.2 Å². The third-order valence-corrected chi connectivity index (χ3v) is 1.73. The van der Waals surface area contributed by atoms with Gasteiger partial charge in [0.2, 0.25) is 0 Å². The standard InChI is InChI=1S/C7H15NO3/c1-5(3-4-9)6(8-2)7(10)11/h5-6,8-9H,3-4H2,1-2H3,(H,10,11)/t5-,6-/m0/s1. The van der Waals surface area contributed by atoms with Gasteiger partial charge in [0, 0.05) is 6.61 Å². The van der Waals surface area contributed by atoms with Crippen molar-refractivity contribution in [3.8, 4) is 0 Å². The maximum atomic E-state index is 10.5. The molecule has 11 heavy (non-hydrogen) atoms. The van der Waals surface area contributed by atoms with Crippen molar-refractivity contribution < 1.29 is 15.0 Å². The first-order chi connectivity index (χ1) is 5.13. The van der Waals surface area contributed by atoms with Crippen molar-refractivity contribution in [3.63, 3.8) is 0 Å². The minimum absolute atomic E-state index is 0.0344. The molecule has 0 aliphatic carbocycles. The van der Waals surface area contributed by atoms with Crippen LogP contribution >= 0.6 is 0 Å². The van der Waals surface area contributed by atoms with Crippen LogP contribution in [0.1, 0.15) is 13.3 Å². The Morgan fingerprint density at radius 3 is 2.45 bits per heavy atom. The van der Waals surface area contributed by atoms with Gasteiger partial charge in [-0.05, 0) is 19.4 Å². The Morgan fingerprint density at radius 1 is 1.64 bits per heavy atom. The largest absolute Gasteiger partial charge is 0.480 e. The predicted octanol–water partition coefficient (Wildman–Crippen LogP) is -0.323. The van der Waals surface area contributed by atoms with E-state index in [1.165, 1.54) is 0 Å². The monoisotopic (exact) mass is 161 g/mol. The van der Waals surface area contributed by atoms with Crippen LogP contribution in [0.2, 0.25) is 0 Å². The first-order valence-electron chi connectivity index (χ1n) is 3.64. The lowest BCUT2D eigenvalue weighted by Gasteiger charge is -2.17. The number of aliphatic hydroxyl groups is 1. The molecule has 0 aromatic heterocycles. The van der Waals surface area contributed by atoms with Gasteiger partial charge in [0.25, 0.3) is 0 Å². The first-order valence-corrected chi connectivity index (χ1v) is 3.64. The summed E-state index contributed by atoms with van der Waals surface area (Å²) in [7, 11) is 1.60. The molecular formula is C7H15NO3. The quantitative estimate of drug-likeness (QED) is 0.516. The number of rotatable bonds is 5. The summed E-state index contributed by atoms with van der Waals surface area (Å²) in [6.45, 7) is 1.83. The molecule has 0 saturated heterocycles. The number of aliphatic hydroxyl groups excluding tert-OH is 1. The van der Waals surface area contributed by atoms with E-state index in [9.17, 15) is 4.79 Å². The van der Waals surface area contributed by atoms with Gasteiger partial charge in [0.1, 0.15) is 6.04 Å². The zero-order valence-corrected chi connectivity index (χ0v) is 6.87. The van der Waals surface area contributed by atoms with Gasteiger partial charge in [-0.25, -0.2) is 0 Å². The molecule has 3 N–H and O–H groups in total. The van der Waals surface area contributed by atoms with Crippen molar-refractivity contribution in [2.24, 2.45) is 5.92 Å². The summed E-state index contributed by atoms with van der Waals surface area (Å²) in [6.07, 6.45) is 0.512. The highest BCUT2D eigenvalue weighted by molar-refractivity contribution is 5.73. The molecule has 66 valence electrons. The van der Waals surface area contributed by atoms with Crippen LogP contribution < -0.4 is 5.32 Å². The Morgan fingerprint density at radius 2 is 2.18 bits per heavy atom. The van der Waals surface area contributed by atoms with Crippen molar-refractivity contribution in [3.05, 3.63) is 0 Å². The van der Waals surface area contributed by atoms with Gasteiger partial charge in [-0.3, -0.25) is 4.79 Å². The fourth-order valence-corrected chi connectivity index (χ4v) is 1.02. The van der Waals surface area contributed by atoms with E-state index in [0.29, 0.717) is 6.42 Å². The van der Waals surface area contributed by atoms with Crippen LogP contribution in [0.4, 0.5) is 0 Å². The lowest BCUT2D eigenvalue weighted by molar-refractivity contribution is -0.140. The highest BCUT2D eigenvalue weighted by Crippen LogP contribution is 2.06. The third-order valence-electron chi connectivity index (χ3n) is 1.73. The molecule has 0 spiro atoms. The summed E-state index contributed by atoms with van der Waals surface area (Å²) in [5.41, 5.74) is 0. The van der Waals surface area contributed by atoms with Gasteiger partial charge < -0.3 is 15.5 Å². The zero-order valence-electron chi connectivity index (χ0n) is 6.87. The normalized spacial score (nSPS) is 15.9. The molecule has 0 heterocycles. The summed E-state index contributed by atoms with van der Waals surface area (Å²) in [4.78, 5) is 10.5. The molecule has 0 amide bonds. The average molecular weight is 161 g/mol. The maximum absolute atomic E-state index is 10.5. The SMILES string of the molecule is CN[C@H](C(=O)O)[C@@H](C)CCO. The molecule has 0 saturated carbocycles. The Kier molecular flexibility index (Phi) is 4.81. The van der Waals surface area contributed by atoms with Crippen molar-refractivity contribution >= 4 is 5.97 Å². The molecular weight excluding hydrogens is 146 g/mol. The number of carboxylic acid groups (broad SMARTS) is 1. The average Bonchev–Trinajstić information content (AvgIpc) is 1.88. The second-order valence-electron chi connectivity index (χ2n) is 2.59. The van der Waals surface area contributed by atoms with Gasteiger partial charge in [-0.2, -0.15) is 0 Å². The molecule has 2 atom stereocenters. The molecule has 0 bridgehead atoms. The number of carbonyl (C=O) groups is 1. The smallest absolute Gasteiger partial charge is 0.320 e. The van der Waals surface area contributed by atoms with Crippen LogP contribution in [0.15, 0.2) is 0 Å². The zero-order chi connectivity index (χ0) is 8.85. The van der Waals surface area contributed by atoms with Crippen LogP contribution in [0.5, 0.6) is 0 Å². The summed E-state index contributed by atoms with van der Waals surface area (Å²) in [5.74, 6) is -0.907. The van der Waals surface area contributed by atoms with E-state index in [2.05, 4.69) is 5.32 Å². The summed E-state index contributed by atoms with van der Waals surface area (Å²) in [6, 6.07) is -0.554. The molecule has 0 aliphatic heterocycles. The van der Waals surface area contributed by atoms with Gasteiger partial charge in [0.05, 0.1) is 0 Å². The molecule has 4 nitrogen and oxygen atoms in total. The third kappa shape index (κ3) is 3.34. The van der Waals surface area contributed by atoms with E-state index in [0.717, 1.165) is 0 Å². The number of carboxylic acids is 1. The highest BCUT2D eigenvalue weighted by Gasteiger charge is 2.21. The summed E-state index contributed by atoms with van der Waals surface area (Å²) >= 11 is 0. The van der Waals surface area contributed by atoms with Gasteiger partial charge in [0.15, 0.2) is 0 Å². The Labute approximate surface area is 66.2 Å². The Bertz CT molecular complexity index is 127. The van der Waals surface area contributed by atoms with Crippen LogP contribution in [0.25, 0.3) is 0 Å². The van der Waals surface area contributed by atoms with Crippen LogP contribution in [-0.4, -0.2) is 35.9 Å². The van der Waals surface area contributed by atoms with Crippen molar-refractivity contribution in [1.29, 1.82) is 0 Å². The lowest BCUT2D eigenvalue weighted by Crippen LogP contribution is -2.39. The van der Waals surface area contributed by atoms with Crippen molar-refractivity contribution in [2.75, 3.05) is 13.7 Å². The maximum Gasteiger partial charge on any atom is 0.320 e. The molecule has 0 radical (unpaired) electrons. The van der Waals surface area contributed by atoms with Gasteiger partial charge in [-0.15, -0.1) is 0 Å². The molecule has 0 rings (SSSR count). The summed E-state index contributed by atoms with van der Waals surface area (Å²) < 4.78 is 0. The molecule has 0 aromatic carbocycles. The molecule has 0 fully saturated rings. The van der Waals surface area contributed by atoms with Crippen molar-refractivity contribution in [2.45, 2.75) is 19.4 Å². The van der Waals surface area contributed by atoms with Crippen LogP contribution in [0.3, 0.4) is 0 Å². The molecule has 0 unspecified atom stereocenters. The lowest BCUT2D eigenvalue weighted by atomic mass is 9.99. The second-order valence-corrected chi connectivity index (χ2v) is 2.59. The van der Waals surface area contributed by atoms with E-state index in [-0.39, 0.29) is 12.5 Å². The number of likely N-dealkylation sites (N-methyl/N-ethyl adjacent to an activating group) is 1. The molecule has 0 aromatic rings. The van der Waals surface area contributed by atoms with Crippen LogP contribution in [0, 0.1) is 5.92 Å². The minimum atomic E-state index is -0.867. The predicted molar refractivity (Wildman–Crippen MR) is 41.4 cm³/mol. The van der Waals surface area contributed by atoms with E-state index < -0.39 is 12.0 Å². The number of hydrogen-bond acceptors (Lipinski definition) is 3. The Hall–Kier alpha value is -0.610. The number of nitrogens with one attached hydrogen (secondary N) is 1. The van der Waals surface area contributed by atoms with E-state index in [1.807, 2.05) is 0 Å². The van der Waals surface area contributed by atoms with Gasteiger partial charge >= 0.3 is 5.97 Å². The summed E-state index contributed by atoms with van der Waals surface area (Å²) in [5, 5.41) is 19.8. The number of aliphatic carboxylic acids is 1. The minimum Gasteiger partial charge on any atom is -0.480 e. The van der Waals surface area contributed by atoms with Crippen molar-refractivity contribution in [1.82, 2.24) is 5.32 Å². The number of hydrogen-bond donors (Lipinski definition) is 3. The Balaban J connectivity index is 3.91. The first kappa shape index (κ1) is 10.4. The van der Waals surface area contributed by atoms with E-state index >= 15 is 0 Å². The highest BCUT2D eigenvalue weighted by atomic mass is 16.4. The van der Waals surface area contributed by atoms with Crippen LogP contribution in [-0.2, 0) is 4.79 Å². The molecule has 4 heteroatoms. The van der Waals surface area contributed by atoms with E-state index in [1.54, 1.807) is 14.0 Å². The molecule has 0 aliphatic rings. The van der Waals surface area contributed by atoms with Gasteiger partial charge in [-0.1, -0.05) is 6.92 Å².